The highest BCUT2D eigenvalue weighted by Crippen LogP contribution is 2.43. The van der Waals surface area contributed by atoms with Crippen LogP contribution in [-0.4, -0.2) is 33.1 Å². The van der Waals surface area contributed by atoms with Gasteiger partial charge in [-0.25, -0.2) is 0 Å². The predicted octanol–water partition coefficient (Wildman–Crippen LogP) is 6.63. The molecule has 8 nitrogen and oxygen atoms in total. The van der Waals surface area contributed by atoms with Gasteiger partial charge in [0.15, 0.2) is 11.5 Å². The van der Waals surface area contributed by atoms with Crippen LogP contribution in [0, 0.1) is 5.92 Å². The molecule has 4 aromatic rings. The summed E-state index contributed by atoms with van der Waals surface area (Å²) in [6, 6.07) is 28.9. The lowest BCUT2D eigenvalue weighted by Gasteiger charge is -2.41. The molecule has 41 heavy (non-hydrogen) atoms. The minimum Gasteiger partial charge on any atom is -0.497 e. The number of para-hydroxylation sites is 1. The van der Waals surface area contributed by atoms with Gasteiger partial charge in [0.25, 0.3) is 0 Å². The normalized spacial score (nSPS) is 16.6. The van der Waals surface area contributed by atoms with Gasteiger partial charge in [-0.3, -0.25) is 9.59 Å². The maximum Gasteiger partial charge on any atom is 0.229 e. The van der Waals surface area contributed by atoms with Gasteiger partial charge in [-0.05, 0) is 84.8 Å². The monoisotopic (exact) mass is 552 g/mol. The third kappa shape index (κ3) is 6.11. The highest BCUT2D eigenvalue weighted by molar-refractivity contribution is 6.00. The number of nitrogens with one attached hydrogen (secondary N) is 1. The van der Waals surface area contributed by atoms with Crippen LogP contribution >= 0.6 is 0 Å². The Kier molecular flexibility index (Phi) is 8.39. The number of anilines is 2. The zero-order chi connectivity index (χ0) is 28.8. The van der Waals surface area contributed by atoms with E-state index < -0.39 is 12.0 Å². The number of methoxy groups -OCH3 is 3. The molecule has 0 bridgehead atoms. The molecule has 0 aromatic heterocycles. The van der Waals surface area contributed by atoms with Crippen LogP contribution in [0.4, 0.5) is 11.4 Å². The van der Waals surface area contributed by atoms with Crippen molar-refractivity contribution in [2.75, 3.05) is 31.5 Å². The van der Waals surface area contributed by atoms with Crippen LogP contribution in [0.1, 0.15) is 24.4 Å². The number of benzene rings is 4. The molecule has 2 amide bonds. The second-order valence-corrected chi connectivity index (χ2v) is 9.59. The van der Waals surface area contributed by atoms with Crippen LogP contribution in [0.2, 0.25) is 0 Å². The highest BCUT2D eigenvalue weighted by atomic mass is 16.5. The summed E-state index contributed by atoms with van der Waals surface area (Å²) in [4.78, 5) is 28.9. The summed E-state index contributed by atoms with van der Waals surface area (Å²) in [5.41, 5.74) is 2.07. The van der Waals surface area contributed by atoms with Crippen LogP contribution < -0.4 is 29.2 Å². The summed E-state index contributed by atoms with van der Waals surface area (Å²) in [6.07, 6.45) is 0.628. The van der Waals surface area contributed by atoms with Crippen molar-refractivity contribution in [3.8, 4) is 28.7 Å². The van der Waals surface area contributed by atoms with Crippen LogP contribution in [-0.2, 0) is 9.59 Å². The largest absolute Gasteiger partial charge is 0.497 e. The van der Waals surface area contributed by atoms with Gasteiger partial charge in [-0.2, -0.15) is 0 Å². The number of nitrogens with zero attached hydrogens (tertiary/aromatic N) is 1. The number of piperidine rings is 1. The number of carbonyl (C=O) groups excluding carboxylic acids is 2. The third-order valence-corrected chi connectivity index (χ3v) is 7.13. The van der Waals surface area contributed by atoms with Gasteiger partial charge >= 0.3 is 0 Å². The molecule has 8 heteroatoms. The molecule has 1 aliphatic heterocycles. The SMILES string of the molecule is COc1ccc(N2C(=O)CC[C@H](C(=O)Nc3ccc(Oc4ccccc4)cc3)[C@@H]2c2ccc(OC)c(OC)c2)cc1. The van der Waals surface area contributed by atoms with E-state index in [9.17, 15) is 9.59 Å². The van der Waals surface area contributed by atoms with Crippen LogP contribution in [0.3, 0.4) is 0 Å². The third-order valence-electron chi connectivity index (χ3n) is 7.13. The Hall–Kier alpha value is -4.98. The van der Waals surface area contributed by atoms with Gasteiger partial charge in [0.05, 0.1) is 33.3 Å². The van der Waals surface area contributed by atoms with E-state index in [2.05, 4.69) is 5.32 Å². The number of amides is 2. The van der Waals surface area contributed by atoms with E-state index in [0.717, 1.165) is 11.3 Å². The van der Waals surface area contributed by atoms with Crippen LogP contribution in [0.25, 0.3) is 0 Å². The molecule has 0 aliphatic carbocycles. The lowest BCUT2D eigenvalue weighted by atomic mass is 9.83. The zero-order valence-corrected chi connectivity index (χ0v) is 23.2. The van der Waals surface area contributed by atoms with E-state index in [1.54, 1.807) is 56.6 Å². The molecule has 0 radical (unpaired) electrons. The average Bonchev–Trinajstić information content (AvgIpc) is 3.02. The fourth-order valence-electron chi connectivity index (χ4n) is 5.10. The van der Waals surface area contributed by atoms with Gasteiger partial charge in [0, 0.05) is 17.8 Å². The number of hydrogen-bond donors (Lipinski definition) is 1. The first kappa shape index (κ1) is 27.6. The van der Waals surface area contributed by atoms with Crippen molar-refractivity contribution in [1.82, 2.24) is 0 Å². The summed E-state index contributed by atoms with van der Waals surface area (Å²) in [5.74, 6) is 2.36. The molecular weight excluding hydrogens is 520 g/mol. The summed E-state index contributed by atoms with van der Waals surface area (Å²) < 4.78 is 22.2. The highest BCUT2D eigenvalue weighted by Gasteiger charge is 2.42. The topological polar surface area (TPSA) is 86.3 Å². The molecule has 0 unspecified atom stereocenters. The number of carbonyl (C=O) groups is 2. The first-order chi connectivity index (χ1) is 20.0. The lowest BCUT2D eigenvalue weighted by molar-refractivity contribution is -0.125. The second kappa shape index (κ2) is 12.5. The Morgan fingerprint density at radius 1 is 0.756 bits per heavy atom. The van der Waals surface area contributed by atoms with Crippen molar-refractivity contribution in [3.63, 3.8) is 0 Å². The van der Waals surface area contributed by atoms with Crippen molar-refractivity contribution in [3.05, 3.63) is 103 Å². The molecule has 0 spiro atoms. The first-order valence-corrected chi connectivity index (χ1v) is 13.3. The van der Waals surface area contributed by atoms with E-state index in [-0.39, 0.29) is 18.2 Å². The molecule has 5 rings (SSSR count). The molecule has 1 fully saturated rings. The Morgan fingerprint density at radius 3 is 2.07 bits per heavy atom. The Balaban J connectivity index is 1.45. The minimum atomic E-state index is -0.579. The minimum absolute atomic E-state index is 0.0681. The number of hydrogen-bond acceptors (Lipinski definition) is 6. The standard InChI is InChI=1S/C33H32N2O6/c1-38-25-16-12-24(13-17-25)35-31(36)20-18-28(32(35)22-9-19-29(39-2)30(21-22)40-3)33(37)34-23-10-14-27(15-11-23)41-26-7-5-4-6-8-26/h4-17,19,21,28,32H,18,20H2,1-3H3,(H,34,37)/t28-,32-/m0/s1. The van der Waals surface area contributed by atoms with E-state index in [0.29, 0.717) is 40.8 Å². The average molecular weight is 553 g/mol. The van der Waals surface area contributed by atoms with Crippen molar-refractivity contribution >= 4 is 23.2 Å². The van der Waals surface area contributed by atoms with E-state index in [4.69, 9.17) is 18.9 Å². The zero-order valence-electron chi connectivity index (χ0n) is 23.2. The van der Waals surface area contributed by atoms with Gasteiger partial charge in [0.1, 0.15) is 17.2 Å². The van der Waals surface area contributed by atoms with Crippen molar-refractivity contribution < 1.29 is 28.5 Å². The lowest BCUT2D eigenvalue weighted by Crippen LogP contribution is -2.47. The van der Waals surface area contributed by atoms with Gasteiger partial charge in [-0.15, -0.1) is 0 Å². The summed E-state index contributed by atoms with van der Waals surface area (Å²) in [5, 5.41) is 3.05. The fourth-order valence-corrected chi connectivity index (χ4v) is 5.10. The molecule has 1 N–H and O–H groups in total. The quantitative estimate of drug-likeness (QED) is 0.251. The summed E-state index contributed by atoms with van der Waals surface area (Å²) in [7, 11) is 4.72. The van der Waals surface area contributed by atoms with Crippen molar-refractivity contribution in [1.29, 1.82) is 0 Å². The Morgan fingerprint density at radius 2 is 1.41 bits per heavy atom. The van der Waals surface area contributed by atoms with E-state index >= 15 is 0 Å². The summed E-state index contributed by atoms with van der Waals surface area (Å²) >= 11 is 0. The molecule has 4 aromatic carbocycles. The Labute approximate surface area is 239 Å². The van der Waals surface area contributed by atoms with Gasteiger partial charge in [0.2, 0.25) is 11.8 Å². The summed E-state index contributed by atoms with van der Waals surface area (Å²) in [6.45, 7) is 0. The van der Waals surface area contributed by atoms with Crippen molar-refractivity contribution in [2.45, 2.75) is 18.9 Å². The van der Waals surface area contributed by atoms with E-state index in [1.807, 2.05) is 66.7 Å². The van der Waals surface area contributed by atoms with Gasteiger partial charge in [-0.1, -0.05) is 24.3 Å². The molecule has 1 aliphatic rings. The van der Waals surface area contributed by atoms with Crippen LogP contribution in [0.5, 0.6) is 28.7 Å². The Bertz CT molecular complexity index is 1490. The number of ether oxygens (including phenoxy) is 4. The molecule has 1 saturated heterocycles. The molecular formula is C33H32N2O6. The van der Waals surface area contributed by atoms with Crippen LogP contribution in [0.15, 0.2) is 97.1 Å². The molecule has 0 saturated carbocycles. The van der Waals surface area contributed by atoms with Gasteiger partial charge < -0.3 is 29.2 Å². The molecule has 2 atom stereocenters. The second-order valence-electron chi connectivity index (χ2n) is 9.59. The number of rotatable bonds is 9. The fraction of sp³-hybridized carbons (Fsp3) is 0.212. The first-order valence-electron chi connectivity index (χ1n) is 13.3. The predicted molar refractivity (Wildman–Crippen MR) is 157 cm³/mol. The maximum absolute atomic E-state index is 13.8. The maximum atomic E-state index is 13.8. The smallest absolute Gasteiger partial charge is 0.229 e. The van der Waals surface area contributed by atoms with E-state index in [1.165, 1.54) is 0 Å². The molecule has 210 valence electrons. The molecule has 1 heterocycles. The van der Waals surface area contributed by atoms with Crippen molar-refractivity contribution in [2.24, 2.45) is 5.92 Å².